The summed E-state index contributed by atoms with van der Waals surface area (Å²) in [6.45, 7) is 7.19. The molecule has 0 fully saturated rings. The monoisotopic (exact) mass is 360 g/mol. The number of nitrogens with zero attached hydrogens (tertiary/aromatic N) is 2. The lowest BCUT2D eigenvalue weighted by atomic mass is 10.2. The van der Waals surface area contributed by atoms with Crippen LogP contribution in [-0.4, -0.2) is 38.9 Å². The van der Waals surface area contributed by atoms with Crippen LogP contribution in [0.5, 0.6) is 0 Å². The van der Waals surface area contributed by atoms with Crippen molar-refractivity contribution in [3.8, 4) is 0 Å². The van der Waals surface area contributed by atoms with E-state index in [1.807, 2.05) is 19.9 Å². The van der Waals surface area contributed by atoms with Crippen LogP contribution < -0.4 is 4.31 Å². The maximum Gasteiger partial charge on any atom is 0.264 e. The minimum absolute atomic E-state index is 0.0932. The van der Waals surface area contributed by atoms with Crippen molar-refractivity contribution < 1.29 is 13.2 Å². The Morgan fingerprint density at radius 1 is 0.840 bits per heavy atom. The number of sulfonamides is 1. The van der Waals surface area contributed by atoms with Gasteiger partial charge in [0, 0.05) is 25.2 Å². The van der Waals surface area contributed by atoms with Crippen molar-refractivity contribution in [3.05, 3.63) is 60.2 Å². The number of carbonyl (C=O) groups excluding carboxylic acids is 1. The zero-order valence-corrected chi connectivity index (χ0v) is 15.7. The number of amides is 1. The Labute approximate surface area is 149 Å². The third-order valence-corrected chi connectivity index (χ3v) is 5.99. The summed E-state index contributed by atoms with van der Waals surface area (Å²) < 4.78 is 27.2. The van der Waals surface area contributed by atoms with E-state index >= 15 is 0 Å². The van der Waals surface area contributed by atoms with Gasteiger partial charge in [0.1, 0.15) is 0 Å². The molecule has 2 aromatic rings. The Morgan fingerprint density at radius 2 is 1.40 bits per heavy atom. The Kier molecular flexibility index (Phi) is 6.20. The van der Waals surface area contributed by atoms with Gasteiger partial charge < -0.3 is 4.90 Å². The molecule has 0 radical (unpaired) electrons. The molecule has 134 valence electrons. The maximum atomic E-state index is 12.9. The Hall–Kier alpha value is -2.34. The lowest BCUT2D eigenvalue weighted by Crippen LogP contribution is -2.31. The third-order valence-electron chi connectivity index (χ3n) is 4.07. The highest BCUT2D eigenvalue weighted by molar-refractivity contribution is 7.92. The standard InChI is InChI=1S/C19H24N2O3S/c1-4-20(5-2)19(22)16-12-14-18(15-13-16)25(23,24)21(6-3)17-10-8-7-9-11-17/h7-15H,4-6H2,1-3H3. The zero-order valence-electron chi connectivity index (χ0n) is 14.8. The molecule has 0 aliphatic carbocycles. The lowest BCUT2D eigenvalue weighted by Gasteiger charge is -2.23. The van der Waals surface area contributed by atoms with E-state index in [0.717, 1.165) is 0 Å². The summed E-state index contributed by atoms with van der Waals surface area (Å²) in [5.41, 5.74) is 1.11. The highest BCUT2D eigenvalue weighted by Gasteiger charge is 2.24. The molecular weight excluding hydrogens is 336 g/mol. The van der Waals surface area contributed by atoms with Crippen LogP contribution in [0.25, 0.3) is 0 Å². The number of hydrogen-bond acceptors (Lipinski definition) is 3. The topological polar surface area (TPSA) is 57.7 Å². The Balaban J connectivity index is 2.33. The predicted molar refractivity (Wildman–Crippen MR) is 100 cm³/mol. The molecule has 1 amide bonds. The molecule has 2 rings (SSSR count). The zero-order chi connectivity index (χ0) is 18.4. The summed E-state index contributed by atoms with van der Waals surface area (Å²) in [5.74, 6) is -0.0932. The first-order chi connectivity index (χ1) is 12.0. The predicted octanol–water partition coefficient (Wildman–Crippen LogP) is 3.38. The molecule has 0 heterocycles. The van der Waals surface area contributed by atoms with E-state index in [-0.39, 0.29) is 10.8 Å². The normalized spacial score (nSPS) is 11.2. The van der Waals surface area contributed by atoms with Gasteiger partial charge in [-0.05, 0) is 57.2 Å². The van der Waals surface area contributed by atoms with Crippen LogP contribution in [0, 0.1) is 0 Å². The van der Waals surface area contributed by atoms with Crippen LogP contribution in [0.3, 0.4) is 0 Å². The molecule has 5 nitrogen and oxygen atoms in total. The molecule has 0 aliphatic rings. The summed E-state index contributed by atoms with van der Waals surface area (Å²) in [7, 11) is -3.67. The van der Waals surface area contributed by atoms with Crippen LogP contribution in [0.1, 0.15) is 31.1 Å². The van der Waals surface area contributed by atoms with E-state index in [4.69, 9.17) is 0 Å². The van der Waals surface area contributed by atoms with E-state index < -0.39 is 10.0 Å². The van der Waals surface area contributed by atoms with E-state index in [1.165, 1.54) is 16.4 Å². The fraction of sp³-hybridized carbons (Fsp3) is 0.316. The van der Waals surface area contributed by atoms with Crippen molar-refractivity contribution in [2.45, 2.75) is 25.7 Å². The summed E-state index contributed by atoms with van der Waals surface area (Å²) in [4.78, 5) is 14.2. The second-order valence-corrected chi connectivity index (χ2v) is 7.37. The van der Waals surface area contributed by atoms with Gasteiger partial charge in [0.2, 0.25) is 0 Å². The molecule has 0 saturated heterocycles. The highest BCUT2D eigenvalue weighted by Crippen LogP contribution is 2.23. The van der Waals surface area contributed by atoms with Gasteiger partial charge in [0.05, 0.1) is 10.6 Å². The Bertz CT molecular complexity index is 798. The first kappa shape index (κ1) is 19.0. The minimum Gasteiger partial charge on any atom is -0.339 e. The quantitative estimate of drug-likeness (QED) is 0.760. The van der Waals surface area contributed by atoms with E-state index in [9.17, 15) is 13.2 Å². The summed E-state index contributed by atoms with van der Waals surface area (Å²) >= 11 is 0. The fourth-order valence-electron chi connectivity index (χ4n) is 2.68. The average molecular weight is 360 g/mol. The van der Waals surface area contributed by atoms with Crippen molar-refractivity contribution in [2.75, 3.05) is 23.9 Å². The fourth-order valence-corrected chi connectivity index (χ4v) is 4.15. The number of carbonyl (C=O) groups is 1. The second kappa shape index (κ2) is 8.16. The summed E-state index contributed by atoms with van der Waals surface area (Å²) in [6.07, 6.45) is 0. The molecule has 0 aromatic heterocycles. The lowest BCUT2D eigenvalue weighted by molar-refractivity contribution is 0.0773. The van der Waals surface area contributed by atoms with E-state index in [1.54, 1.807) is 48.2 Å². The first-order valence-electron chi connectivity index (χ1n) is 8.42. The number of rotatable bonds is 7. The molecular formula is C19H24N2O3S. The molecule has 0 N–H and O–H groups in total. The van der Waals surface area contributed by atoms with Gasteiger partial charge in [0.25, 0.3) is 15.9 Å². The number of anilines is 1. The Morgan fingerprint density at radius 3 is 1.88 bits per heavy atom. The van der Waals surface area contributed by atoms with Gasteiger partial charge in [-0.1, -0.05) is 18.2 Å². The largest absolute Gasteiger partial charge is 0.339 e. The number of hydrogen-bond donors (Lipinski definition) is 0. The van der Waals surface area contributed by atoms with Crippen LogP contribution in [-0.2, 0) is 10.0 Å². The van der Waals surface area contributed by atoms with Crippen LogP contribution >= 0.6 is 0 Å². The maximum absolute atomic E-state index is 12.9. The highest BCUT2D eigenvalue weighted by atomic mass is 32.2. The summed E-state index contributed by atoms with van der Waals surface area (Å²) in [5, 5.41) is 0. The van der Waals surface area contributed by atoms with Crippen molar-refractivity contribution in [1.29, 1.82) is 0 Å². The number of benzene rings is 2. The van der Waals surface area contributed by atoms with Crippen molar-refractivity contribution in [1.82, 2.24) is 4.90 Å². The van der Waals surface area contributed by atoms with E-state index in [0.29, 0.717) is 30.9 Å². The second-order valence-electron chi connectivity index (χ2n) is 5.51. The molecule has 6 heteroatoms. The van der Waals surface area contributed by atoms with Gasteiger partial charge >= 0.3 is 0 Å². The molecule has 2 aromatic carbocycles. The van der Waals surface area contributed by atoms with Crippen molar-refractivity contribution >= 4 is 21.6 Å². The summed E-state index contributed by atoms with van der Waals surface area (Å²) in [6, 6.07) is 15.1. The van der Waals surface area contributed by atoms with Gasteiger partial charge in [-0.2, -0.15) is 0 Å². The van der Waals surface area contributed by atoms with Crippen LogP contribution in [0.4, 0.5) is 5.69 Å². The molecule has 0 atom stereocenters. The average Bonchev–Trinajstić information content (AvgIpc) is 2.64. The molecule has 0 unspecified atom stereocenters. The molecule has 0 bridgehead atoms. The van der Waals surface area contributed by atoms with Gasteiger partial charge in [-0.3, -0.25) is 9.10 Å². The van der Waals surface area contributed by atoms with Gasteiger partial charge in [0.15, 0.2) is 0 Å². The molecule has 0 spiro atoms. The molecule has 25 heavy (non-hydrogen) atoms. The van der Waals surface area contributed by atoms with Crippen LogP contribution in [0.15, 0.2) is 59.5 Å². The van der Waals surface area contributed by atoms with E-state index in [2.05, 4.69) is 0 Å². The van der Waals surface area contributed by atoms with Gasteiger partial charge in [-0.25, -0.2) is 8.42 Å². The molecule has 0 aliphatic heterocycles. The van der Waals surface area contributed by atoms with Crippen LogP contribution in [0.2, 0.25) is 0 Å². The minimum atomic E-state index is -3.67. The smallest absolute Gasteiger partial charge is 0.264 e. The third kappa shape index (κ3) is 4.02. The van der Waals surface area contributed by atoms with Crippen molar-refractivity contribution in [2.24, 2.45) is 0 Å². The SMILES string of the molecule is CCN(CC)C(=O)c1ccc(S(=O)(=O)N(CC)c2ccccc2)cc1. The number of para-hydroxylation sites is 1. The van der Waals surface area contributed by atoms with Crippen molar-refractivity contribution in [3.63, 3.8) is 0 Å². The molecule has 0 saturated carbocycles. The van der Waals surface area contributed by atoms with Gasteiger partial charge in [-0.15, -0.1) is 0 Å². The first-order valence-corrected chi connectivity index (χ1v) is 9.86.